The molecule has 2 rings (SSSR count). The number of para-hydroxylation sites is 1. The molecule has 0 saturated carbocycles. The highest BCUT2D eigenvalue weighted by Gasteiger charge is 2.18. The molecule has 0 aliphatic heterocycles. The molecule has 1 atom stereocenters. The number of carboxylic acid groups (broad SMARTS) is 1. The lowest BCUT2D eigenvalue weighted by Crippen LogP contribution is -2.41. The number of carboxylic acids is 1. The van der Waals surface area contributed by atoms with Crippen molar-refractivity contribution in [3.05, 3.63) is 30.0 Å². The van der Waals surface area contributed by atoms with Gasteiger partial charge in [-0.2, -0.15) is 16.9 Å². The van der Waals surface area contributed by atoms with Gasteiger partial charge in [0, 0.05) is 30.9 Å². The summed E-state index contributed by atoms with van der Waals surface area (Å²) in [6, 6.07) is 7.03. The van der Waals surface area contributed by atoms with Gasteiger partial charge in [-0.25, -0.2) is 4.79 Å². The smallest absolute Gasteiger partial charge is 0.327 e. The largest absolute Gasteiger partial charge is 0.480 e. The van der Waals surface area contributed by atoms with E-state index in [0.29, 0.717) is 11.5 Å². The summed E-state index contributed by atoms with van der Waals surface area (Å²) in [5.41, 5.74) is 1.97. The lowest BCUT2D eigenvalue weighted by molar-refractivity contribution is -0.140. The zero-order valence-corrected chi connectivity index (χ0v) is 12.7. The van der Waals surface area contributed by atoms with Gasteiger partial charge in [0.25, 0.3) is 0 Å². The molecule has 2 N–H and O–H groups in total. The van der Waals surface area contributed by atoms with Crippen LogP contribution in [0, 0.1) is 0 Å². The summed E-state index contributed by atoms with van der Waals surface area (Å²) in [5.74, 6) is -0.459. The first-order valence-corrected chi connectivity index (χ1v) is 7.62. The van der Waals surface area contributed by atoms with E-state index in [1.807, 2.05) is 36.0 Å². The third-order valence-electron chi connectivity index (χ3n) is 3.03. The van der Waals surface area contributed by atoms with E-state index in [0.717, 1.165) is 16.6 Å². The number of aliphatic carboxylic acids is 1. The molecule has 0 spiro atoms. The molecule has 0 unspecified atom stereocenters. The van der Waals surface area contributed by atoms with Crippen LogP contribution in [0.1, 0.15) is 12.6 Å². The Balaban J connectivity index is 2.01. The molecule has 0 bridgehead atoms. The Labute approximate surface area is 126 Å². The van der Waals surface area contributed by atoms with Crippen molar-refractivity contribution < 1.29 is 14.7 Å². The second-order valence-electron chi connectivity index (χ2n) is 4.69. The van der Waals surface area contributed by atoms with E-state index in [2.05, 4.69) is 10.4 Å². The van der Waals surface area contributed by atoms with E-state index in [1.165, 1.54) is 18.7 Å². The van der Waals surface area contributed by atoms with E-state index in [9.17, 15) is 9.59 Å². The molecule has 0 aliphatic carbocycles. The van der Waals surface area contributed by atoms with Gasteiger partial charge in [-0.1, -0.05) is 18.2 Å². The number of hydrogen-bond donors (Lipinski definition) is 2. The maximum Gasteiger partial charge on any atom is 0.327 e. The summed E-state index contributed by atoms with van der Waals surface area (Å²) in [6.07, 6.45) is 0. The normalized spacial score (nSPS) is 12.3. The molecule has 0 aliphatic rings. The molecule has 6 nitrogen and oxygen atoms in total. The van der Waals surface area contributed by atoms with E-state index in [1.54, 1.807) is 0 Å². The van der Waals surface area contributed by atoms with Crippen molar-refractivity contribution >= 4 is 34.5 Å². The van der Waals surface area contributed by atoms with Gasteiger partial charge in [0.2, 0.25) is 5.91 Å². The molecule has 21 heavy (non-hydrogen) atoms. The summed E-state index contributed by atoms with van der Waals surface area (Å²) in [7, 11) is 1.88. The number of carbonyl (C=O) groups is 2. The average molecular weight is 307 g/mol. The van der Waals surface area contributed by atoms with Gasteiger partial charge in [0.15, 0.2) is 0 Å². The number of nitrogens with one attached hydrogen (secondary N) is 1. The lowest BCUT2D eigenvalue weighted by Gasteiger charge is -2.12. The second kappa shape index (κ2) is 6.62. The fraction of sp³-hybridized carbons (Fsp3) is 0.357. The van der Waals surface area contributed by atoms with Crippen LogP contribution in [0.3, 0.4) is 0 Å². The number of thioether (sulfide) groups is 1. The van der Waals surface area contributed by atoms with Crippen LogP contribution in [0.4, 0.5) is 0 Å². The second-order valence-corrected chi connectivity index (χ2v) is 5.72. The molecule has 2 aromatic rings. The maximum atomic E-state index is 11.0. The van der Waals surface area contributed by atoms with Crippen molar-refractivity contribution in [2.75, 3.05) is 5.75 Å². The minimum absolute atomic E-state index is 0.305. The van der Waals surface area contributed by atoms with Gasteiger partial charge in [-0.05, 0) is 6.07 Å². The fourth-order valence-corrected chi connectivity index (χ4v) is 3.07. The van der Waals surface area contributed by atoms with Gasteiger partial charge in [0.1, 0.15) is 6.04 Å². The molecule has 1 amide bonds. The zero-order chi connectivity index (χ0) is 15.4. The van der Waals surface area contributed by atoms with Crippen LogP contribution in [0.5, 0.6) is 0 Å². The Bertz CT molecular complexity index is 669. The van der Waals surface area contributed by atoms with Crippen molar-refractivity contribution in [1.82, 2.24) is 15.1 Å². The van der Waals surface area contributed by atoms with E-state index >= 15 is 0 Å². The fourth-order valence-electron chi connectivity index (χ4n) is 2.09. The number of nitrogens with zero attached hydrogens (tertiary/aromatic N) is 2. The first-order chi connectivity index (χ1) is 9.99. The van der Waals surface area contributed by atoms with E-state index in [4.69, 9.17) is 5.11 Å². The molecule has 0 fully saturated rings. The predicted molar refractivity (Wildman–Crippen MR) is 82.1 cm³/mol. The van der Waals surface area contributed by atoms with Gasteiger partial charge in [-0.3, -0.25) is 9.48 Å². The predicted octanol–water partition coefficient (Wildman–Crippen LogP) is 1.40. The average Bonchev–Trinajstić information content (AvgIpc) is 2.75. The third kappa shape index (κ3) is 3.75. The number of benzene rings is 1. The topological polar surface area (TPSA) is 84.2 Å². The van der Waals surface area contributed by atoms with Gasteiger partial charge >= 0.3 is 5.97 Å². The summed E-state index contributed by atoms with van der Waals surface area (Å²) >= 11 is 1.44. The standard InChI is InChI=1S/C14H17N3O3S/c1-9(18)15-12(14(19)20)8-21-7-11-10-5-3-4-6-13(10)17(2)16-11/h3-6,12H,7-8H2,1-2H3,(H,15,18)(H,19,20)/t12-/m0/s1. The maximum absolute atomic E-state index is 11.0. The van der Waals surface area contributed by atoms with Crippen LogP contribution in [0.15, 0.2) is 24.3 Å². The van der Waals surface area contributed by atoms with Gasteiger partial charge in [-0.15, -0.1) is 0 Å². The van der Waals surface area contributed by atoms with Gasteiger partial charge < -0.3 is 10.4 Å². The molecule has 0 saturated heterocycles. The molecular weight excluding hydrogens is 290 g/mol. The molecule has 1 aromatic carbocycles. The number of fused-ring (bicyclic) bond motifs is 1. The Kier molecular flexibility index (Phi) is 4.85. The third-order valence-corrected chi connectivity index (χ3v) is 4.08. The Morgan fingerprint density at radius 3 is 2.81 bits per heavy atom. The SMILES string of the molecule is CC(=O)N[C@@H](CSCc1nn(C)c2ccccc12)C(=O)O. The summed E-state index contributed by atoms with van der Waals surface area (Å²) in [6.45, 7) is 1.31. The molecule has 0 radical (unpaired) electrons. The van der Waals surface area contributed by atoms with Crippen LogP contribution in [0.2, 0.25) is 0 Å². The number of aromatic nitrogens is 2. The first-order valence-electron chi connectivity index (χ1n) is 6.47. The van der Waals surface area contributed by atoms with Crippen molar-refractivity contribution in [2.45, 2.75) is 18.7 Å². The van der Waals surface area contributed by atoms with E-state index < -0.39 is 12.0 Å². The summed E-state index contributed by atoms with van der Waals surface area (Å²) < 4.78 is 1.81. The molecule has 1 heterocycles. The molecule has 7 heteroatoms. The number of rotatable bonds is 6. The van der Waals surface area contributed by atoms with Crippen molar-refractivity contribution in [3.8, 4) is 0 Å². The number of amides is 1. The number of aryl methyl sites for hydroxylation is 1. The van der Waals surface area contributed by atoms with Crippen molar-refractivity contribution in [3.63, 3.8) is 0 Å². The van der Waals surface area contributed by atoms with E-state index in [-0.39, 0.29) is 5.91 Å². The molecule has 112 valence electrons. The summed E-state index contributed by atoms with van der Waals surface area (Å²) in [4.78, 5) is 22.0. The van der Waals surface area contributed by atoms with Gasteiger partial charge in [0.05, 0.1) is 11.2 Å². The van der Waals surface area contributed by atoms with Crippen LogP contribution in [-0.2, 0) is 22.4 Å². The number of hydrogen-bond acceptors (Lipinski definition) is 4. The highest BCUT2D eigenvalue weighted by atomic mass is 32.2. The Morgan fingerprint density at radius 1 is 1.43 bits per heavy atom. The Hall–Kier alpha value is -2.02. The number of carbonyl (C=O) groups excluding carboxylic acids is 1. The minimum Gasteiger partial charge on any atom is -0.480 e. The Morgan fingerprint density at radius 2 is 2.14 bits per heavy atom. The zero-order valence-electron chi connectivity index (χ0n) is 11.9. The first kappa shape index (κ1) is 15.4. The molecule has 1 aromatic heterocycles. The van der Waals surface area contributed by atoms with Crippen LogP contribution < -0.4 is 5.32 Å². The lowest BCUT2D eigenvalue weighted by atomic mass is 10.2. The molecular formula is C14H17N3O3S. The monoisotopic (exact) mass is 307 g/mol. The van der Waals surface area contributed by atoms with Crippen LogP contribution in [0.25, 0.3) is 10.9 Å². The summed E-state index contributed by atoms with van der Waals surface area (Å²) in [5, 5.41) is 17.0. The highest BCUT2D eigenvalue weighted by Crippen LogP contribution is 2.22. The van der Waals surface area contributed by atoms with Crippen LogP contribution in [-0.4, -0.2) is 38.6 Å². The minimum atomic E-state index is -1.02. The highest BCUT2D eigenvalue weighted by molar-refractivity contribution is 7.98. The quantitative estimate of drug-likeness (QED) is 0.842. The van der Waals surface area contributed by atoms with Crippen molar-refractivity contribution in [1.29, 1.82) is 0 Å². The van der Waals surface area contributed by atoms with Crippen LogP contribution >= 0.6 is 11.8 Å². The van der Waals surface area contributed by atoms with Crippen molar-refractivity contribution in [2.24, 2.45) is 7.05 Å².